The molecule has 0 unspecified atom stereocenters. The molecule has 1 heterocycles. The first-order valence-electron chi connectivity index (χ1n) is 5.81. The van der Waals surface area contributed by atoms with E-state index in [1.54, 1.807) is 4.57 Å². The Kier molecular flexibility index (Phi) is 3.23. The molecule has 0 aliphatic rings. The Morgan fingerprint density at radius 2 is 2.22 bits per heavy atom. The summed E-state index contributed by atoms with van der Waals surface area (Å²) in [6.07, 6.45) is 0.0237. The van der Waals surface area contributed by atoms with Gasteiger partial charge in [0.15, 0.2) is 0 Å². The van der Waals surface area contributed by atoms with Crippen molar-refractivity contribution in [3.8, 4) is 5.75 Å². The molecule has 5 heteroatoms. The van der Waals surface area contributed by atoms with E-state index in [-0.39, 0.29) is 12.5 Å². The summed E-state index contributed by atoms with van der Waals surface area (Å²) in [5, 5.41) is 8.81. The molecule has 18 heavy (non-hydrogen) atoms. The Hall–Kier alpha value is -2.04. The Labute approximate surface area is 105 Å². The number of nitrogens with zero attached hydrogens (tertiary/aromatic N) is 2. The number of imidazole rings is 1. The molecule has 0 saturated heterocycles. The number of hydrogen-bond acceptors (Lipinski definition) is 3. The highest BCUT2D eigenvalue weighted by atomic mass is 16.5. The summed E-state index contributed by atoms with van der Waals surface area (Å²) < 4.78 is 7.38. The van der Waals surface area contributed by atoms with Gasteiger partial charge in [0.25, 0.3) is 0 Å². The largest absolute Gasteiger partial charge is 0.491 e. The molecular weight excluding hydrogens is 232 g/mol. The lowest BCUT2D eigenvalue weighted by atomic mass is 10.3. The molecule has 0 fully saturated rings. The molecule has 1 aromatic carbocycles. The van der Waals surface area contributed by atoms with Crippen molar-refractivity contribution in [1.82, 2.24) is 9.55 Å². The summed E-state index contributed by atoms with van der Waals surface area (Å²) >= 11 is 0. The van der Waals surface area contributed by atoms with E-state index in [2.05, 4.69) is 4.98 Å². The summed E-state index contributed by atoms with van der Waals surface area (Å²) in [5.74, 6) is 0.406. The number of aliphatic carboxylic acids is 1. The molecule has 5 nitrogen and oxygen atoms in total. The van der Waals surface area contributed by atoms with Gasteiger partial charge in [-0.3, -0.25) is 4.79 Å². The first-order chi connectivity index (χ1) is 8.47. The van der Waals surface area contributed by atoms with Crippen LogP contribution in [0.5, 0.6) is 5.75 Å². The fraction of sp³-hybridized carbons (Fsp3) is 0.385. The van der Waals surface area contributed by atoms with E-state index < -0.39 is 5.97 Å². The fourth-order valence-electron chi connectivity index (χ4n) is 1.87. The first-order valence-corrected chi connectivity index (χ1v) is 5.81. The number of rotatable bonds is 4. The van der Waals surface area contributed by atoms with E-state index in [0.29, 0.717) is 5.82 Å². The maximum Gasteiger partial charge on any atom is 0.311 e. The van der Waals surface area contributed by atoms with Crippen LogP contribution in [-0.4, -0.2) is 26.7 Å². The molecule has 0 atom stereocenters. The molecule has 2 aromatic rings. The lowest BCUT2D eigenvalue weighted by Gasteiger charge is -2.09. The second kappa shape index (κ2) is 4.68. The minimum Gasteiger partial charge on any atom is -0.491 e. The topological polar surface area (TPSA) is 64.3 Å². The van der Waals surface area contributed by atoms with Crippen LogP contribution in [0.1, 0.15) is 19.7 Å². The van der Waals surface area contributed by atoms with Gasteiger partial charge in [-0.2, -0.15) is 0 Å². The van der Waals surface area contributed by atoms with Crippen molar-refractivity contribution in [1.29, 1.82) is 0 Å². The molecule has 1 aromatic heterocycles. The zero-order valence-corrected chi connectivity index (χ0v) is 10.7. The van der Waals surface area contributed by atoms with Gasteiger partial charge in [-0.25, -0.2) is 4.98 Å². The number of ether oxygens (including phenoxy) is 1. The second-order valence-corrected chi connectivity index (χ2v) is 4.47. The highest BCUT2D eigenvalue weighted by molar-refractivity contribution is 5.79. The Morgan fingerprint density at radius 1 is 1.50 bits per heavy atom. The number of carboxylic acid groups (broad SMARTS) is 1. The first kappa shape index (κ1) is 12.4. The highest BCUT2D eigenvalue weighted by Crippen LogP contribution is 2.22. The van der Waals surface area contributed by atoms with Crippen molar-refractivity contribution >= 4 is 17.0 Å². The van der Waals surface area contributed by atoms with Crippen LogP contribution in [0.2, 0.25) is 0 Å². The minimum atomic E-state index is -0.882. The average molecular weight is 248 g/mol. The predicted octanol–water partition coefficient (Wildman–Crippen LogP) is 1.99. The molecule has 0 radical (unpaired) electrons. The molecule has 96 valence electrons. The molecule has 0 spiro atoms. The van der Waals surface area contributed by atoms with Gasteiger partial charge in [-0.15, -0.1) is 0 Å². The van der Waals surface area contributed by atoms with Gasteiger partial charge in [-0.1, -0.05) is 0 Å². The van der Waals surface area contributed by atoms with E-state index in [1.807, 2.05) is 39.1 Å². The average Bonchev–Trinajstić information content (AvgIpc) is 2.54. The lowest BCUT2D eigenvalue weighted by molar-refractivity contribution is -0.136. The summed E-state index contributed by atoms with van der Waals surface area (Å²) in [6, 6.07) is 5.60. The van der Waals surface area contributed by atoms with Crippen molar-refractivity contribution in [2.45, 2.75) is 26.4 Å². The van der Waals surface area contributed by atoms with Crippen molar-refractivity contribution in [2.24, 2.45) is 7.05 Å². The predicted molar refractivity (Wildman–Crippen MR) is 67.8 cm³/mol. The third-order valence-corrected chi connectivity index (χ3v) is 2.63. The summed E-state index contributed by atoms with van der Waals surface area (Å²) in [6.45, 7) is 3.91. The van der Waals surface area contributed by atoms with E-state index in [9.17, 15) is 4.79 Å². The number of aromatic nitrogens is 2. The summed E-state index contributed by atoms with van der Waals surface area (Å²) in [7, 11) is 1.82. The van der Waals surface area contributed by atoms with Crippen LogP contribution >= 0.6 is 0 Å². The quantitative estimate of drug-likeness (QED) is 0.898. The Bertz CT molecular complexity index is 587. The van der Waals surface area contributed by atoms with Gasteiger partial charge in [0.1, 0.15) is 18.0 Å². The maximum absolute atomic E-state index is 10.7. The molecular formula is C13H16N2O3. The van der Waals surface area contributed by atoms with Crippen LogP contribution < -0.4 is 4.74 Å². The second-order valence-electron chi connectivity index (χ2n) is 4.47. The van der Waals surface area contributed by atoms with Crippen LogP contribution in [0, 0.1) is 0 Å². The smallest absolute Gasteiger partial charge is 0.311 e. The van der Waals surface area contributed by atoms with Gasteiger partial charge in [0, 0.05) is 13.1 Å². The van der Waals surface area contributed by atoms with Gasteiger partial charge in [-0.05, 0) is 26.0 Å². The normalized spacial score (nSPS) is 11.1. The van der Waals surface area contributed by atoms with Crippen LogP contribution in [0.25, 0.3) is 11.0 Å². The standard InChI is InChI=1S/C13H16N2O3/c1-8(2)18-9-4-5-11-10(6-9)14-12(15(11)3)7-13(16)17/h4-6,8H,7H2,1-3H3,(H,16,17). The molecule has 0 aliphatic carbocycles. The monoisotopic (exact) mass is 248 g/mol. The van der Waals surface area contributed by atoms with Crippen LogP contribution in [0.3, 0.4) is 0 Å². The highest BCUT2D eigenvalue weighted by Gasteiger charge is 2.11. The fourth-order valence-corrected chi connectivity index (χ4v) is 1.87. The van der Waals surface area contributed by atoms with Crippen molar-refractivity contribution in [3.63, 3.8) is 0 Å². The van der Waals surface area contributed by atoms with Crippen molar-refractivity contribution in [3.05, 3.63) is 24.0 Å². The molecule has 0 aliphatic heterocycles. The Morgan fingerprint density at radius 3 is 2.83 bits per heavy atom. The number of carboxylic acids is 1. The lowest BCUT2D eigenvalue weighted by Crippen LogP contribution is -2.06. The van der Waals surface area contributed by atoms with Gasteiger partial charge in [0.05, 0.1) is 17.1 Å². The molecule has 0 bridgehead atoms. The summed E-state index contributed by atoms with van der Waals surface area (Å²) in [5.41, 5.74) is 1.66. The minimum absolute atomic E-state index is 0.0778. The van der Waals surface area contributed by atoms with Gasteiger partial charge >= 0.3 is 5.97 Å². The molecule has 2 rings (SSSR count). The van der Waals surface area contributed by atoms with E-state index >= 15 is 0 Å². The number of hydrogen-bond donors (Lipinski definition) is 1. The zero-order chi connectivity index (χ0) is 13.3. The van der Waals surface area contributed by atoms with Gasteiger partial charge < -0.3 is 14.4 Å². The number of benzene rings is 1. The number of carbonyl (C=O) groups is 1. The SMILES string of the molecule is CC(C)Oc1ccc2c(c1)nc(CC(=O)O)n2C. The van der Waals surface area contributed by atoms with Crippen molar-refractivity contribution < 1.29 is 14.6 Å². The van der Waals surface area contributed by atoms with Crippen molar-refractivity contribution in [2.75, 3.05) is 0 Å². The van der Waals surface area contributed by atoms with Gasteiger partial charge in [0.2, 0.25) is 0 Å². The third kappa shape index (κ3) is 2.45. The maximum atomic E-state index is 10.7. The van der Waals surface area contributed by atoms with Crippen LogP contribution in [0.4, 0.5) is 0 Å². The summed E-state index contributed by atoms with van der Waals surface area (Å²) in [4.78, 5) is 15.1. The molecule has 1 N–H and O–H groups in total. The Balaban J connectivity index is 2.41. The van der Waals surface area contributed by atoms with E-state index in [1.165, 1.54) is 0 Å². The van der Waals surface area contributed by atoms with Crippen LogP contribution in [0.15, 0.2) is 18.2 Å². The molecule has 0 saturated carbocycles. The number of fused-ring (bicyclic) bond motifs is 1. The van der Waals surface area contributed by atoms with E-state index in [0.717, 1.165) is 16.8 Å². The van der Waals surface area contributed by atoms with Crippen LogP contribution in [-0.2, 0) is 18.3 Å². The molecule has 0 amide bonds. The third-order valence-electron chi connectivity index (χ3n) is 2.63. The number of aryl methyl sites for hydroxylation is 1. The van der Waals surface area contributed by atoms with E-state index in [4.69, 9.17) is 9.84 Å². The zero-order valence-electron chi connectivity index (χ0n) is 10.7.